The second kappa shape index (κ2) is 6.05. The van der Waals surface area contributed by atoms with Crippen molar-refractivity contribution in [2.24, 2.45) is 5.41 Å². The maximum atomic E-state index is 5.99. The Labute approximate surface area is 99.9 Å². The molecule has 1 aliphatic carbocycles. The molecule has 0 saturated carbocycles. The average Bonchev–Trinajstić information content (AvgIpc) is 2.54. The molecule has 1 nitrogen and oxygen atoms in total. The Morgan fingerprint density at radius 3 is 2.81 bits per heavy atom. The molecule has 0 radical (unpaired) electrons. The van der Waals surface area contributed by atoms with Crippen molar-refractivity contribution in [1.29, 1.82) is 0 Å². The Kier molecular flexibility index (Phi) is 5.01. The van der Waals surface area contributed by atoms with Crippen LogP contribution in [0.1, 0.15) is 39.5 Å². The summed E-state index contributed by atoms with van der Waals surface area (Å²) in [5.41, 5.74) is 1.48. The molecule has 0 amide bonds. The Hall–Kier alpha value is -0.820. The van der Waals surface area contributed by atoms with Gasteiger partial charge >= 0.3 is 0 Å². The lowest BCUT2D eigenvalue weighted by atomic mass is 9.86. The van der Waals surface area contributed by atoms with Crippen LogP contribution in [-0.2, 0) is 4.74 Å². The van der Waals surface area contributed by atoms with Gasteiger partial charge in [0.15, 0.2) is 0 Å². The van der Waals surface area contributed by atoms with E-state index in [1.165, 1.54) is 12.0 Å². The summed E-state index contributed by atoms with van der Waals surface area (Å²) in [4.78, 5) is 0. The van der Waals surface area contributed by atoms with E-state index >= 15 is 0 Å². The highest BCUT2D eigenvalue weighted by Crippen LogP contribution is 2.39. The molecule has 0 N–H and O–H groups in total. The van der Waals surface area contributed by atoms with Gasteiger partial charge in [0.25, 0.3) is 0 Å². The smallest absolute Gasteiger partial charge is 0.0875 e. The fourth-order valence-corrected chi connectivity index (χ4v) is 2.15. The van der Waals surface area contributed by atoms with E-state index in [9.17, 15) is 0 Å². The molecule has 0 fully saturated rings. The maximum Gasteiger partial charge on any atom is 0.0875 e. The number of ether oxygens (including phenoxy) is 1. The molecule has 1 unspecified atom stereocenters. The van der Waals surface area contributed by atoms with E-state index in [-0.39, 0.29) is 11.5 Å². The van der Waals surface area contributed by atoms with Crippen LogP contribution in [0.25, 0.3) is 0 Å². The molecule has 1 atom stereocenters. The predicted octanol–water partition coefficient (Wildman–Crippen LogP) is 4.27. The molecule has 1 aliphatic rings. The van der Waals surface area contributed by atoms with Crippen LogP contribution in [0.3, 0.4) is 0 Å². The van der Waals surface area contributed by atoms with E-state index < -0.39 is 0 Å². The zero-order valence-electron chi connectivity index (χ0n) is 10.7. The van der Waals surface area contributed by atoms with Crippen LogP contribution < -0.4 is 0 Å². The fraction of sp³-hybridized carbons (Fsp3) is 0.600. The minimum absolute atomic E-state index is 0.224. The molecule has 1 rings (SSSR count). The Morgan fingerprint density at radius 1 is 1.44 bits per heavy atom. The van der Waals surface area contributed by atoms with Gasteiger partial charge in [0.1, 0.15) is 0 Å². The van der Waals surface area contributed by atoms with Crippen molar-refractivity contribution in [2.45, 2.75) is 45.6 Å². The van der Waals surface area contributed by atoms with Crippen LogP contribution in [0, 0.1) is 5.41 Å². The molecular weight excluding hydrogens is 196 g/mol. The van der Waals surface area contributed by atoms with Crippen LogP contribution in [-0.4, -0.2) is 12.7 Å². The second-order valence-electron chi connectivity index (χ2n) is 5.14. The molecule has 0 aliphatic heterocycles. The van der Waals surface area contributed by atoms with Crippen molar-refractivity contribution in [3.05, 3.63) is 37.0 Å². The number of allylic oxidation sites excluding steroid dienone is 2. The number of hydrogen-bond acceptors (Lipinski definition) is 1. The lowest BCUT2D eigenvalue weighted by Crippen LogP contribution is -2.29. The van der Waals surface area contributed by atoms with E-state index in [1.807, 2.05) is 12.2 Å². The molecule has 90 valence electrons. The standard InChI is InChI=1S/C15H24O/c1-5-7-8-9-12-16-14-13(6-2)10-11-15(14,3)4/h5-6,10,14H,1-2,7-9,11-12H2,3-4H3. The van der Waals surface area contributed by atoms with Crippen molar-refractivity contribution >= 4 is 0 Å². The minimum atomic E-state index is 0.224. The van der Waals surface area contributed by atoms with Gasteiger partial charge in [0, 0.05) is 6.61 Å². The second-order valence-corrected chi connectivity index (χ2v) is 5.14. The molecule has 0 aromatic carbocycles. The summed E-state index contributed by atoms with van der Waals surface area (Å²) >= 11 is 0. The number of rotatable bonds is 7. The van der Waals surface area contributed by atoms with Crippen LogP contribution in [0.4, 0.5) is 0 Å². The lowest BCUT2D eigenvalue weighted by molar-refractivity contribution is 0.0101. The van der Waals surface area contributed by atoms with E-state index in [2.05, 4.69) is 33.1 Å². The van der Waals surface area contributed by atoms with E-state index in [0.717, 1.165) is 25.9 Å². The monoisotopic (exact) mass is 220 g/mol. The lowest BCUT2D eigenvalue weighted by Gasteiger charge is -2.29. The third-order valence-corrected chi connectivity index (χ3v) is 3.20. The number of unbranched alkanes of at least 4 members (excludes halogenated alkanes) is 2. The first-order valence-electron chi connectivity index (χ1n) is 6.17. The van der Waals surface area contributed by atoms with Crippen molar-refractivity contribution in [1.82, 2.24) is 0 Å². The van der Waals surface area contributed by atoms with Crippen molar-refractivity contribution in [3.63, 3.8) is 0 Å². The van der Waals surface area contributed by atoms with Crippen LogP contribution in [0.2, 0.25) is 0 Å². The summed E-state index contributed by atoms with van der Waals surface area (Å²) in [5.74, 6) is 0. The molecule has 0 saturated heterocycles. The van der Waals surface area contributed by atoms with Crippen molar-refractivity contribution in [3.8, 4) is 0 Å². The van der Waals surface area contributed by atoms with Crippen molar-refractivity contribution < 1.29 is 4.74 Å². The quantitative estimate of drug-likeness (QED) is 0.460. The van der Waals surface area contributed by atoms with Gasteiger partial charge in [0.2, 0.25) is 0 Å². The van der Waals surface area contributed by atoms with Gasteiger partial charge in [-0.1, -0.05) is 38.7 Å². The van der Waals surface area contributed by atoms with E-state index in [4.69, 9.17) is 4.74 Å². The van der Waals surface area contributed by atoms with Gasteiger partial charge in [-0.25, -0.2) is 0 Å². The fourth-order valence-electron chi connectivity index (χ4n) is 2.15. The van der Waals surface area contributed by atoms with E-state index in [0.29, 0.717) is 0 Å². The maximum absolute atomic E-state index is 5.99. The molecule has 0 spiro atoms. The van der Waals surface area contributed by atoms with Crippen LogP contribution in [0.15, 0.2) is 37.0 Å². The molecule has 0 aromatic rings. The molecule has 1 heteroatoms. The molecule has 16 heavy (non-hydrogen) atoms. The largest absolute Gasteiger partial charge is 0.373 e. The zero-order valence-corrected chi connectivity index (χ0v) is 10.7. The van der Waals surface area contributed by atoms with Gasteiger partial charge in [-0.05, 0) is 36.7 Å². The summed E-state index contributed by atoms with van der Waals surface area (Å²) in [6, 6.07) is 0. The third-order valence-electron chi connectivity index (χ3n) is 3.20. The Morgan fingerprint density at radius 2 is 2.19 bits per heavy atom. The predicted molar refractivity (Wildman–Crippen MR) is 70.5 cm³/mol. The highest BCUT2D eigenvalue weighted by Gasteiger charge is 2.35. The first kappa shape index (κ1) is 13.2. The van der Waals surface area contributed by atoms with Gasteiger partial charge in [-0.2, -0.15) is 0 Å². The van der Waals surface area contributed by atoms with Gasteiger partial charge in [-0.3, -0.25) is 0 Å². The molecule has 0 aromatic heterocycles. The SMILES string of the molecule is C=CCCCCOC1C(C=C)=CCC1(C)C. The van der Waals surface area contributed by atoms with E-state index in [1.54, 1.807) is 0 Å². The zero-order chi connectivity index (χ0) is 12.0. The highest BCUT2D eigenvalue weighted by molar-refractivity contribution is 5.29. The topological polar surface area (TPSA) is 9.23 Å². The molecule has 0 heterocycles. The summed E-state index contributed by atoms with van der Waals surface area (Å²) in [5, 5.41) is 0. The Balaban J connectivity index is 2.36. The highest BCUT2D eigenvalue weighted by atomic mass is 16.5. The summed E-state index contributed by atoms with van der Waals surface area (Å²) in [6.07, 6.45) is 10.8. The Bertz CT molecular complexity index is 273. The van der Waals surface area contributed by atoms with Gasteiger partial charge < -0.3 is 4.74 Å². The van der Waals surface area contributed by atoms with Crippen LogP contribution >= 0.6 is 0 Å². The first-order valence-corrected chi connectivity index (χ1v) is 6.17. The third kappa shape index (κ3) is 3.34. The average molecular weight is 220 g/mol. The van der Waals surface area contributed by atoms with Gasteiger partial charge in [0.05, 0.1) is 6.10 Å². The van der Waals surface area contributed by atoms with Crippen molar-refractivity contribution in [2.75, 3.05) is 6.61 Å². The summed E-state index contributed by atoms with van der Waals surface area (Å²) < 4.78 is 5.99. The minimum Gasteiger partial charge on any atom is -0.373 e. The molecular formula is C15H24O. The summed E-state index contributed by atoms with van der Waals surface area (Å²) in [6.45, 7) is 12.9. The normalized spacial score (nSPS) is 22.9. The number of hydrogen-bond donors (Lipinski definition) is 0. The summed E-state index contributed by atoms with van der Waals surface area (Å²) in [7, 11) is 0. The molecule has 0 bridgehead atoms. The van der Waals surface area contributed by atoms with Crippen LogP contribution in [0.5, 0.6) is 0 Å². The van der Waals surface area contributed by atoms with Gasteiger partial charge in [-0.15, -0.1) is 6.58 Å². The first-order chi connectivity index (χ1) is 7.61.